The van der Waals surface area contributed by atoms with Crippen LogP contribution in [-0.4, -0.2) is 22.1 Å². The molecule has 106 valence electrons. The van der Waals surface area contributed by atoms with E-state index in [2.05, 4.69) is 24.1 Å². The Morgan fingerprint density at radius 3 is 2.84 bits per heavy atom. The monoisotopic (exact) mass is 284 g/mol. The van der Waals surface area contributed by atoms with Crippen LogP contribution in [0.25, 0.3) is 0 Å². The number of carboxylic acid groups (broad SMARTS) is 1. The summed E-state index contributed by atoms with van der Waals surface area (Å²) in [5, 5.41) is 12.3. The van der Waals surface area contributed by atoms with Gasteiger partial charge in [0.25, 0.3) is 0 Å². The Balaban J connectivity index is 2.57. The van der Waals surface area contributed by atoms with Crippen molar-refractivity contribution >= 4 is 23.4 Å². The highest BCUT2D eigenvalue weighted by Crippen LogP contribution is 2.24. The first kappa shape index (κ1) is 15.8. The van der Waals surface area contributed by atoms with Crippen molar-refractivity contribution in [3.8, 4) is 0 Å². The fourth-order valence-electron chi connectivity index (χ4n) is 1.89. The quantitative estimate of drug-likeness (QED) is 0.702. The van der Waals surface area contributed by atoms with Crippen LogP contribution in [0.15, 0.2) is 12.3 Å². The zero-order chi connectivity index (χ0) is 14.3. The lowest BCUT2D eigenvalue weighted by Crippen LogP contribution is -2.17. The minimum absolute atomic E-state index is 0.0809. The van der Waals surface area contributed by atoms with Gasteiger partial charge in [-0.1, -0.05) is 44.2 Å². The third kappa shape index (κ3) is 5.07. The summed E-state index contributed by atoms with van der Waals surface area (Å²) in [5.41, 5.74) is 0.0809. The van der Waals surface area contributed by atoms with E-state index in [1.54, 1.807) is 0 Å². The normalized spacial score (nSPS) is 12.2. The Bertz CT molecular complexity index is 424. The lowest BCUT2D eigenvalue weighted by atomic mass is 10.1. The van der Waals surface area contributed by atoms with Crippen LogP contribution in [0.5, 0.6) is 0 Å². The number of nitrogens with one attached hydrogen (secondary N) is 1. The van der Waals surface area contributed by atoms with Gasteiger partial charge in [0, 0.05) is 12.2 Å². The van der Waals surface area contributed by atoms with Gasteiger partial charge in [-0.05, 0) is 19.4 Å². The average molecular weight is 285 g/mol. The predicted octanol–water partition coefficient (Wildman–Crippen LogP) is 4.20. The van der Waals surface area contributed by atoms with Crippen LogP contribution >= 0.6 is 11.6 Å². The van der Waals surface area contributed by atoms with Gasteiger partial charge in [0.15, 0.2) is 0 Å². The van der Waals surface area contributed by atoms with Crippen LogP contribution in [0.3, 0.4) is 0 Å². The fourth-order valence-corrected chi connectivity index (χ4v) is 2.14. The molecule has 0 aliphatic carbocycles. The number of anilines is 1. The minimum Gasteiger partial charge on any atom is -0.478 e. The predicted molar refractivity (Wildman–Crippen MR) is 78.1 cm³/mol. The lowest BCUT2D eigenvalue weighted by molar-refractivity contribution is 0.0697. The maximum absolute atomic E-state index is 11.0. The molecule has 1 aromatic rings. The molecule has 2 N–H and O–H groups in total. The van der Waals surface area contributed by atoms with Gasteiger partial charge in [-0.15, -0.1) is 0 Å². The first-order chi connectivity index (χ1) is 9.06. The molecule has 1 atom stereocenters. The molecule has 0 radical (unpaired) electrons. The number of halogens is 1. The van der Waals surface area contributed by atoms with Gasteiger partial charge >= 0.3 is 5.97 Å². The molecule has 0 saturated heterocycles. The third-order valence-corrected chi connectivity index (χ3v) is 3.38. The van der Waals surface area contributed by atoms with E-state index >= 15 is 0 Å². The number of carbonyl (C=O) groups is 1. The Morgan fingerprint density at radius 1 is 1.47 bits per heavy atom. The van der Waals surface area contributed by atoms with Crippen molar-refractivity contribution in [3.05, 3.63) is 22.8 Å². The zero-order valence-corrected chi connectivity index (χ0v) is 12.2. The van der Waals surface area contributed by atoms with Crippen LogP contribution in [0.1, 0.15) is 56.3 Å². The second kappa shape index (κ2) is 8.00. The Labute approximate surface area is 119 Å². The van der Waals surface area contributed by atoms with E-state index < -0.39 is 5.97 Å². The van der Waals surface area contributed by atoms with E-state index in [0.717, 1.165) is 12.8 Å². The molecule has 1 rings (SSSR count). The molecule has 0 aromatic carbocycles. The number of carboxylic acids is 1. The second-order valence-corrected chi connectivity index (χ2v) is 5.10. The highest BCUT2D eigenvalue weighted by Gasteiger charge is 2.14. The van der Waals surface area contributed by atoms with Gasteiger partial charge in [-0.2, -0.15) is 0 Å². The van der Waals surface area contributed by atoms with Crippen molar-refractivity contribution in [2.75, 3.05) is 5.32 Å². The standard InChI is InChI=1S/C14H21ClN2O2/c1-3-4-5-6-7-10(2)17-13-12(15)11(14(18)19)8-9-16-13/h8-10H,3-7H2,1-2H3,(H,16,17)(H,18,19). The zero-order valence-electron chi connectivity index (χ0n) is 11.4. The van der Waals surface area contributed by atoms with Crippen molar-refractivity contribution in [3.63, 3.8) is 0 Å². The van der Waals surface area contributed by atoms with E-state index in [1.165, 1.54) is 31.5 Å². The number of aromatic nitrogens is 1. The van der Waals surface area contributed by atoms with Crippen molar-refractivity contribution < 1.29 is 9.90 Å². The van der Waals surface area contributed by atoms with E-state index in [1.807, 2.05) is 0 Å². The molecule has 19 heavy (non-hydrogen) atoms. The summed E-state index contributed by atoms with van der Waals surface area (Å²) in [6.07, 6.45) is 7.32. The molecule has 5 heteroatoms. The summed E-state index contributed by atoms with van der Waals surface area (Å²) in [7, 11) is 0. The third-order valence-electron chi connectivity index (χ3n) is 2.99. The largest absolute Gasteiger partial charge is 0.478 e. The maximum atomic E-state index is 11.0. The van der Waals surface area contributed by atoms with Crippen LogP contribution in [0, 0.1) is 0 Å². The molecule has 4 nitrogen and oxygen atoms in total. The average Bonchev–Trinajstić information content (AvgIpc) is 2.37. The molecule has 1 aromatic heterocycles. The maximum Gasteiger partial charge on any atom is 0.337 e. The molecule has 0 bridgehead atoms. The van der Waals surface area contributed by atoms with Crippen LogP contribution in [0.2, 0.25) is 5.02 Å². The Kier molecular flexibility index (Phi) is 6.64. The fraction of sp³-hybridized carbons (Fsp3) is 0.571. The van der Waals surface area contributed by atoms with Gasteiger partial charge in [0.2, 0.25) is 0 Å². The highest BCUT2D eigenvalue weighted by molar-refractivity contribution is 6.35. The van der Waals surface area contributed by atoms with Crippen molar-refractivity contribution in [2.24, 2.45) is 0 Å². The van der Waals surface area contributed by atoms with Gasteiger partial charge in [-0.25, -0.2) is 9.78 Å². The number of pyridine rings is 1. The SMILES string of the molecule is CCCCCCC(C)Nc1nccc(C(=O)O)c1Cl. The number of rotatable bonds is 8. The van der Waals surface area contributed by atoms with E-state index in [-0.39, 0.29) is 16.6 Å². The number of hydrogen-bond acceptors (Lipinski definition) is 3. The molecule has 0 spiro atoms. The van der Waals surface area contributed by atoms with E-state index in [0.29, 0.717) is 5.82 Å². The molecule has 0 fully saturated rings. The molecule has 1 unspecified atom stereocenters. The van der Waals surface area contributed by atoms with Crippen molar-refractivity contribution in [1.82, 2.24) is 4.98 Å². The van der Waals surface area contributed by atoms with Gasteiger partial charge in [0.05, 0.1) is 10.6 Å². The smallest absolute Gasteiger partial charge is 0.337 e. The molecular formula is C14H21ClN2O2. The summed E-state index contributed by atoms with van der Waals surface area (Å²) in [6, 6.07) is 1.63. The first-order valence-electron chi connectivity index (χ1n) is 6.70. The van der Waals surface area contributed by atoms with E-state index in [9.17, 15) is 4.79 Å². The summed E-state index contributed by atoms with van der Waals surface area (Å²) < 4.78 is 0. The minimum atomic E-state index is -1.04. The molecular weight excluding hydrogens is 264 g/mol. The molecule has 0 saturated carbocycles. The molecule has 1 heterocycles. The second-order valence-electron chi connectivity index (χ2n) is 4.72. The summed E-state index contributed by atoms with van der Waals surface area (Å²) in [4.78, 5) is 15.1. The summed E-state index contributed by atoms with van der Waals surface area (Å²) in [6.45, 7) is 4.24. The summed E-state index contributed by atoms with van der Waals surface area (Å²) in [5.74, 6) is -0.587. The van der Waals surface area contributed by atoms with Crippen LogP contribution in [0.4, 0.5) is 5.82 Å². The molecule has 0 aliphatic rings. The van der Waals surface area contributed by atoms with Crippen LogP contribution in [-0.2, 0) is 0 Å². The van der Waals surface area contributed by atoms with Gasteiger partial charge < -0.3 is 10.4 Å². The van der Waals surface area contributed by atoms with Crippen molar-refractivity contribution in [1.29, 1.82) is 0 Å². The number of hydrogen-bond donors (Lipinski definition) is 2. The highest BCUT2D eigenvalue weighted by atomic mass is 35.5. The van der Waals surface area contributed by atoms with Crippen molar-refractivity contribution in [2.45, 2.75) is 52.0 Å². The van der Waals surface area contributed by atoms with Gasteiger partial charge in [-0.3, -0.25) is 0 Å². The Morgan fingerprint density at radius 2 is 2.21 bits per heavy atom. The first-order valence-corrected chi connectivity index (χ1v) is 7.08. The Hall–Kier alpha value is -1.29. The topological polar surface area (TPSA) is 62.2 Å². The van der Waals surface area contributed by atoms with E-state index in [4.69, 9.17) is 16.7 Å². The molecule has 0 aliphatic heterocycles. The number of nitrogens with zero attached hydrogens (tertiary/aromatic N) is 1. The number of unbranched alkanes of at least 4 members (excludes halogenated alkanes) is 3. The summed E-state index contributed by atoms with van der Waals surface area (Å²) >= 11 is 6.03. The number of aromatic carboxylic acids is 1. The van der Waals surface area contributed by atoms with Gasteiger partial charge in [0.1, 0.15) is 5.82 Å². The molecule has 0 amide bonds. The lowest BCUT2D eigenvalue weighted by Gasteiger charge is -2.15. The van der Waals surface area contributed by atoms with Crippen LogP contribution < -0.4 is 5.32 Å².